The van der Waals surface area contributed by atoms with E-state index in [9.17, 15) is 13.2 Å². The zero-order chi connectivity index (χ0) is 15.3. The van der Waals surface area contributed by atoms with Gasteiger partial charge in [-0.05, 0) is 24.6 Å². The van der Waals surface area contributed by atoms with Gasteiger partial charge in [-0.2, -0.15) is 0 Å². The van der Waals surface area contributed by atoms with E-state index >= 15 is 0 Å². The Balaban J connectivity index is 3.16. The molecule has 1 aromatic carbocycles. The number of ether oxygens (including phenoxy) is 1. The van der Waals surface area contributed by atoms with E-state index in [-0.39, 0.29) is 22.6 Å². The first-order valence-electron chi connectivity index (χ1n) is 5.78. The summed E-state index contributed by atoms with van der Waals surface area (Å²) in [5, 5.41) is 18.1. The average Bonchev–Trinajstić information content (AvgIpc) is 2.37. The lowest BCUT2D eigenvalue weighted by Crippen LogP contribution is -2.40. The van der Waals surface area contributed by atoms with Gasteiger partial charge in [-0.25, -0.2) is 17.9 Å². The van der Waals surface area contributed by atoms with Gasteiger partial charge in [-0.15, -0.1) is 0 Å². The number of aliphatic hydroxyl groups excluding tert-OH is 1. The number of hydrogen-bond donors (Lipinski definition) is 3. The fourth-order valence-corrected chi connectivity index (χ4v) is 3.22. The SMILES string of the molecule is COCC(CO)NS(=O)(=O)c1cccc(C(=O)O)c1C. The van der Waals surface area contributed by atoms with Gasteiger partial charge in [0.1, 0.15) is 0 Å². The van der Waals surface area contributed by atoms with Crippen LogP contribution in [0.1, 0.15) is 15.9 Å². The number of nitrogens with one attached hydrogen (secondary N) is 1. The van der Waals surface area contributed by atoms with Crippen molar-refractivity contribution in [2.24, 2.45) is 0 Å². The molecule has 0 aromatic heterocycles. The largest absolute Gasteiger partial charge is 0.478 e. The highest BCUT2D eigenvalue weighted by molar-refractivity contribution is 7.89. The number of aromatic carboxylic acids is 1. The fourth-order valence-electron chi connectivity index (χ4n) is 1.75. The van der Waals surface area contributed by atoms with Crippen molar-refractivity contribution in [1.82, 2.24) is 4.72 Å². The standard InChI is InChI=1S/C12H17NO6S/c1-8-10(12(15)16)4-3-5-11(8)20(17,18)13-9(6-14)7-19-2/h3-5,9,13-14H,6-7H2,1-2H3,(H,15,16). The van der Waals surface area contributed by atoms with E-state index in [1.165, 1.54) is 32.2 Å². The van der Waals surface area contributed by atoms with Crippen LogP contribution < -0.4 is 4.72 Å². The number of methoxy groups -OCH3 is 1. The molecular weight excluding hydrogens is 286 g/mol. The topological polar surface area (TPSA) is 113 Å². The molecule has 1 aromatic rings. The molecule has 0 amide bonds. The lowest BCUT2D eigenvalue weighted by molar-refractivity contribution is 0.0695. The molecule has 0 spiro atoms. The second kappa shape index (κ2) is 6.80. The Morgan fingerprint density at radius 2 is 2.10 bits per heavy atom. The highest BCUT2D eigenvalue weighted by atomic mass is 32.2. The van der Waals surface area contributed by atoms with Crippen molar-refractivity contribution >= 4 is 16.0 Å². The lowest BCUT2D eigenvalue weighted by Gasteiger charge is -2.17. The fraction of sp³-hybridized carbons (Fsp3) is 0.417. The van der Waals surface area contributed by atoms with Crippen LogP contribution in [0.2, 0.25) is 0 Å². The first-order valence-corrected chi connectivity index (χ1v) is 7.26. The van der Waals surface area contributed by atoms with Crippen LogP contribution in [0, 0.1) is 6.92 Å². The molecule has 0 heterocycles. The van der Waals surface area contributed by atoms with E-state index in [1.807, 2.05) is 0 Å². The molecule has 112 valence electrons. The van der Waals surface area contributed by atoms with E-state index in [2.05, 4.69) is 4.72 Å². The van der Waals surface area contributed by atoms with E-state index in [0.29, 0.717) is 0 Å². The van der Waals surface area contributed by atoms with Crippen molar-refractivity contribution in [3.05, 3.63) is 29.3 Å². The second-order valence-corrected chi connectivity index (χ2v) is 5.87. The number of carboxylic acid groups (broad SMARTS) is 1. The molecule has 3 N–H and O–H groups in total. The van der Waals surface area contributed by atoms with Crippen LogP contribution in [-0.2, 0) is 14.8 Å². The van der Waals surface area contributed by atoms with Crippen LogP contribution in [0.15, 0.2) is 23.1 Å². The predicted molar refractivity (Wildman–Crippen MR) is 71.2 cm³/mol. The third kappa shape index (κ3) is 3.76. The van der Waals surface area contributed by atoms with Crippen LogP contribution in [0.4, 0.5) is 0 Å². The summed E-state index contributed by atoms with van der Waals surface area (Å²) in [6.07, 6.45) is 0. The molecule has 1 unspecified atom stereocenters. The Kier molecular flexibility index (Phi) is 5.63. The van der Waals surface area contributed by atoms with Gasteiger partial charge in [0.05, 0.1) is 29.7 Å². The normalized spacial score (nSPS) is 13.2. The Labute approximate surface area is 117 Å². The maximum Gasteiger partial charge on any atom is 0.335 e. The van der Waals surface area contributed by atoms with Gasteiger partial charge in [0, 0.05) is 7.11 Å². The maximum atomic E-state index is 12.2. The Morgan fingerprint density at radius 1 is 1.45 bits per heavy atom. The highest BCUT2D eigenvalue weighted by Gasteiger charge is 2.23. The second-order valence-electron chi connectivity index (χ2n) is 4.19. The number of rotatable bonds is 7. The van der Waals surface area contributed by atoms with Crippen LogP contribution in [-0.4, -0.2) is 51.0 Å². The van der Waals surface area contributed by atoms with Crippen LogP contribution >= 0.6 is 0 Å². The molecule has 7 nitrogen and oxygen atoms in total. The lowest BCUT2D eigenvalue weighted by atomic mass is 10.1. The molecule has 0 radical (unpaired) electrons. The van der Waals surface area contributed by atoms with Gasteiger partial charge >= 0.3 is 5.97 Å². The molecule has 0 fully saturated rings. The van der Waals surface area contributed by atoms with Gasteiger partial charge in [-0.1, -0.05) is 6.07 Å². The summed E-state index contributed by atoms with van der Waals surface area (Å²) in [4.78, 5) is 10.9. The molecule has 0 bridgehead atoms. The monoisotopic (exact) mass is 303 g/mol. The smallest absolute Gasteiger partial charge is 0.335 e. The van der Waals surface area contributed by atoms with Crippen molar-refractivity contribution in [1.29, 1.82) is 0 Å². The van der Waals surface area contributed by atoms with Crippen LogP contribution in [0.5, 0.6) is 0 Å². The number of hydrogen-bond acceptors (Lipinski definition) is 5. The van der Waals surface area contributed by atoms with Gasteiger partial charge in [0.15, 0.2) is 0 Å². The van der Waals surface area contributed by atoms with Crippen LogP contribution in [0.25, 0.3) is 0 Å². The minimum absolute atomic E-state index is 0.00734. The number of sulfonamides is 1. The summed E-state index contributed by atoms with van der Waals surface area (Å²) in [5.41, 5.74) is 0.0572. The van der Waals surface area contributed by atoms with Gasteiger partial charge in [0.2, 0.25) is 10.0 Å². The highest BCUT2D eigenvalue weighted by Crippen LogP contribution is 2.19. The summed E-state index contributed by atoms with van der Waals surface area (Å²) in [6.45, 7) is 1.00. The van der Waals surface area contributed by atoms with Crippen molar-refractivity contribution in [3.8, 4) is 0 Å². The summed E-state index contributed by atoms with van der Waals surface area (Å²) in [7, 11) is -2.55. The quantitative estimate of drug-likeness (QED) is 0.652. The van der Waals surface area contributed by atoms with E-state index in [1.54, 1.807) is 0 Å². The average molecular weight is 303 g/mol. The van der Waals surface area contributed by atoms with Gasteiger partial charge < -0.3 is 14.9 Å². The van der Waals surface area contributed by atoms with Crippen molar-refractivity contribution in [2.75, 3.05) is 20.3 Å². The summed E-state index contributed by atoms with van der Waals surface area (Å²) >= 11 is 0. The van der Waals surface area contributed by atoms with Crippen molar-refractivity contribution in [2.45, 2.75) is 17.9 Å². The molecule has 1 atom stereocenters. The molecule has 0 saturated heterocycles. The number of carboxylic acids is 1. The Hall–Kier alpha value is -1.48. The van der Waals surface area contributed by atoms with E-state index in [4.69, 9.17) is 14.9 Å². The number of benzene rings is 1. The first kappa shape index (κ1) is 16.6. The summed E-state index contributed by atoms with van der Waals surface area (Å²) < 4.78 is 31.5. The molecule has 20 heavy (non-hydrogen) atoms. The van der Waals surface area contributed by atoms with E-state index < -0.39 is 28.6 Å². The van der Waals surface area contributed by atoms with Crippen molar-refractivity contribution in [3.63, 3.8) is 0 Å². The molecule has 0 aliphatic rings. The van der Waals surface area contributed by atoms with Crippen molar-refractivity contribution < 1.29 is 28.2 Å². The zero-order valence-corrected chi connectivity index (χ0v) is 12.0. The first-order chi connectivity index (χ1) is 9.33. The maximum absolute atomic E-state index is 12.2. The molecule has 8 heteroatoms. The number of aliphatic hydroxyl groups is 1. The molecule has 0 aliphatic heterocycles. The minimum Gasteiger partial charge on any atom is -0.478 e. The summed E-state index contributed by atoms with van der Waals surface area (Å²) in [5.74, 6) is -1.20. The number of carbonyl (C=O) groups is 1. The predicted octanol–water partition coefficient (Wildman–Crippen LogP) is -0.0212. The van der Waals surface area contributed by atoms with Crippen LogP contribution in [0.3, 0.4) is 0 Å². The van der Waals surface area contributed by atoms with Gasteiger partial charge in [-0.3, -0.25) is 0 Å². The molecule has 0 saturated carbocycles. The zero-order valence-electron chi connectivity index (χ0n) is 11.2. The Bertz CT molecular complexity index is 584. The molecule has 1 rings (SSSR count). The molecule has 0 aliphatic carbocycles. The van der Waals surface area contributed by atoms with E-state index in [0.717, 1.165) is 0 Å². The van der Waals surface area contributed by atoms with Gasteiger partial charge in [0.25, 0.3) is 0 Å². The Morgan fingerprint density at radius 3 is 2.60 bits per heavy atom. The third-order valence-electron chi connectivity index (χ3n) is 2.71. The summed E-state index contributed by atoms with van der Waals surface area (Å²) in [6, 6.07) is 3.20. The molecular formula is C12H17NO6S. The minimum atomic E-state index is -3.93. The third-order valence-corrected chi connectivity index (χ3v) is 4.38.